The highest BCUT2D eigenvalue weighted by Gasteiger charge is 2.03. The van der Waals surface area contributed by atoms with E-state index >= 15 is 0 Å². The van der Waals surface area contributed by atoms with Crippen molar-refractivity contribution in [2.24, 2.45) is 0 Å². The van der Waals surface area contributed by atoms with Crippen molar-refractivity contribution < 1.29 is 14.7 Å². The van der Waals surface area contributed by atoms with Crippen LogP contribution >= 0.6 is 15.9 Å². The molecule has 0 heterocycles. The van der Waals surface area contributed by atoms with E-state index in [0.29, 0.717) is 19.5 Å². The van der Waals surface area contributed by atoms with Gasteiger partial charge >= 0.3 is 12.0 Å². The number of benzene rings is 1. The van der Waals surface area contributed by atoms with Crippen molar-refractivity contribution in [2.45, 2.75) is 26.3 Å². The average molecular weight is 329 g/mol. The first-order valence-electron chi connectivity index (χ1n) is 5.97. The van der Waals surface area contributed by atoms with E-state index in [9.17, 15) is 9.59 Å². The predicted octanol–water partition coefficient (Wildman–Crippen LogP) is 2.42. The van der Waals surface area contributed by atoms with Crippen molar-refractivity contribution in [3.63, 3.8) is 0 Å². The van der Waals surface area contributed by atoms with Gasteiger partial charge in [0.2, 0.25) is 0 Å². The molecular weight excluding hydrogens is 312 g/mol. The van der Waals surface area contributed by atoms with Crippen LogP contribution in [-0.4, -0.2) is 23.7 Å². The normalized spacial score (nSPS) is 10.0. The molecule has 0 aromatic heterocycles. The number of hydrogen-bond acceptors (Lipinski definition) is 2. The van der Waals surface area contributed by atoms with E-state index < -0.39 is 5.97 Å². The number of aliphatic carboxylic acids is 1. The summed E-state index contributed by atoms with van der Waals surface area (Å²) in [4.78, 5) is 21.7. The molecule has 1 aromatic rings. The molecule has 19 heavy (non-hydrogen) atoms. The number of urea groups is 1. The maximum atomic E-state index is 11.5. The number of halogens is 1. The first-order valence-corrected chi connectivity index (χ1v) is 6.77. The summed E-state index contributed by atoms with van der Waals surface area (Å²) in [7, 11) is 0. The van der Waals surface area contributed by atoms with Gasteiger partial charge in [-0.25, -0.2) is 4.79 Å². The highest BCUT2D eigenvalue weighted by Crippen LogP contribution is 2.15. The Morgan fingerprint density at radius 2 is 2.05 bits per heavy atom. The number of aryl methyl sites for hydroxylation is 1. The molecule has 104 valence electrons. The molecule has 3 N–H and O–H groups in total. The van der Waals surface area contributed by atoms with Crippen molar-refractivity contribution >= 4 is 27.9 Å². The summed E-state index contributed by atoms with van der Waals surface area (Å²) in [5.41, 5.74) is 2.14. The number of carboxylic acid groups (broad SMARTS) is 1. The zero-order chi connectivity index (χ0) is 14.3. The molecule has 0 radical (unpaired) electrons. The summed E-state index contributed by atoms with van der Waals surface area (Å²) in [5, 5.41) is 13.8. The zero-order valence-electron chi connectivity index (χ0n) is 10.7. The fourth-order valence-electron chi connectivity index (χ4n) is 1.54. The lowest BCUT2D eigenvalue weighted by atomic mass is 10.1. The third-order valence-corrected chi connectivity index (χ3v) is 3.09. The third-order valence-electron chi connectivity index (χ3n) is 2.60. The monoisotopic (exact) mass is 328 g/mol. The van der Waals surface area contributed by atoms with Crippen LogP contribution in [0.25, 0.3) is 0 Å². The fourth-order valence-corrected chi connectivity index (χ4v) is 2.01. The van der Waals surface area contributed by atoms with Crippen LogP contribution < -0.4 is 10.6 Å². The van der Waals surface area contributed by atoms with Gasteiger partial charge in [0.1, 0.15) is 0 Å². The van der Waals surface area contributed by atoms with Gasteiger partial charge in [-0.2, -0.15) is 0 Å². The van der Waals surface area contributed by atoms with Gasteiger partial charge in [-0.1, -0.05) is 22.0 Å². The highest BCUT2D eigenvalue weighted by molar-refractivity contribution is 9.10. The van der Waals surface area contributed by atoms with Gasteiger partial charge in [0.15, 0.2) is 0 Å². The fraction of sp³-hybridized carbons (Fsp3) is 0.385. The van der Waals surface area contributed by atoms with Gasteiger partial charge in [0, 0.05) is 24.0 Å². The summed E-state index contributed by atoms with van der Waals surface area (Å²) in [6.07, 6.45) is 0.492. The number of nitrogens with one attached hydrogen (secondary N) is 2. The summed E-state index contributed by atoms with van der Waals surface area (Å²) < 4.78 is 1.01. The maximum absolute atomic E-state index is 11.5. The van der Waals surface area contributed by atoms with Crippen LogP contribution in [0.5, 0.6) is 0 Å². The highest BCUT2D eigenvalue weighted by atomic mass is 79.9. The predicted molar refractivity (Wildman–Crippen MR) is 76.0 cm³/mol. The van der Waals surface area contributed by atoms with Gasteiger partial charge in [-0.05, 0) is 36.6 Å². The molecule has 0 saturated heterocycles. The Morgan fingerprint density at radius 3 is 2.68 bits per heavy atom. The Labute approximate surface area is 120 Å². The second-order valence-electron chi connectivity index (χ2n) is 4.18. The van der Waals surface area contributed by atoms with E-state index in [1.807, 2.05) is 25.1 Å². The molecule has 1 rings (SSSR count). The molecule has 0 spiro atoms. The minimum absolute atomic E-state index is 0.0616. The average Bonchev–Trinajstić information content (AvgIpc) is 2.33. The van der Waals surface area contributed by atoms with Crippen molar-refractivity contribution in [1.29, 1.82) is 0 Å². The Bertz CT molecular complexity index is 463. The number of amides is 2. The van der Waals surface area contributed by atoms with Crippen LogP contribution in [0.4, 0.5) is 4.79 Å². The molecule has 5 nitrogen and oxygen atoms in total. The second kappa shape index (κ2) is 7.78. The first-order chi connectivity index (χ1) is 8.99. The largest absolute Gasteiger partial charge is 0.481 e. The van der Waals surface area contributed by atoms with Gasteiger partial charge < -0.3 is 15.7 Å². The lowest BCUT2D eigenvalue weighted by Gasteiger charge is -2.09. The smallest absolute Gasteiger partial charge is 0.315 e. The molecule has 0 aliphatic heterocycles. The Morgan fingerprint density at radius 1 is 1.32 bits per heavy atom. The van der Waals surface area contributed by atoms with E-state index in [0.717, 1.165) is 15.6 Å². The molecule has 0 unspecified atom stereocenters. The van der Waals surface area contributed by atoms with Crippen molar-refractivity contribution in [2.75, 3.05) is 6.54 Å². The quantitative estimate of drug-likeness (QED) is 0.702. The van der Waals surface area contributed by atoms with Crippen LogP contribution in [0.3, 0.4) is 0 Å². The number of rotatable bonds is 6. The minimum Gasteiger partial charge on any atom is -0.481 e. The lowest BCUT2D eigenvalue weighted by molar-refractivity contribution is -0.137. The van der Waals surface area contributed by atoms with Crippen LogP contribution in [0.15, 0.2) is 22.7 Å². The lowest BCUT2D eigenvalue weighted by Crippen LogP contribution is -2.35. The molecule has 0 aliphatic rings. The number of hydrogen-bond donors (Lipinski definition) is 3. The van der Waals surface area contributed by atoms with Gasteiger partial charge in [0.05, 0.1) is 0 Å². The van der Waals surface area contributed by atoms with Crippen LogP contribution in [0, 0.1) is 6.92 Å². The van der Waals surface area contributed by atoms with Crippen molar-refractivity contribution in [3.05, 3.63) is 33.8 Å². The first kappa shape index (κ1) is 15.5. The topological polar surface area (TPSA) is 78.4 Å². The molecular formula is C13H17BrN2O3. The third kappa shape index (κ3) is 6.24. The van der Waals surface area contributed by atoms with Gasteiger partial charge in [0.25, 0.3) is 0 Å². The molecule has 0 aliphatic carbocycles. The summed E-state index contributed by atoms with van der Waals surface area (Å²) in [6.45, 7) is 2.79. The van der Waals surface area contributed by atoms with E-state index in [2.05, 4.69) is 26.6 Å². The maximum Gasteiger partial charge on any atom is 0.315 e. The summed E-state index contributed by atoms with van der Waals surface area (Å²) in [5.74, 6) is -0.854. The number of carbonyl (C=O) groups excluding carboxylic acids is 1. The summed E-state index contributed by atoms with van der Waals surface area (Å²) >= 11 is 3.38. The Balaban J connectivity index is 2.28. The Kier molecular flexibility index (Phi) is 6.35. The number of carbonyl (C=O) groups is 2. The van der Waals surface area contributed by atoms with E-state index in [-0.39, 0.29) is 12.5 Å². The van der Waals surface area contributed by atoms with Gasteiger partial charge in [-0.3, -0.25) is 4.79 Å². The molecule has 0 fully saturated rings. The SMILES string of the molecule is Cc1cc(Br)ccc1CNC(=O)NCCCC(=O)O. The number of carboxylic acids is 1. The van der Waals surface area contributed by atoms with Gasteiger partial charge in [-0.15, -0.1) is 0 Å². The Hall–Kier alpha value is -1.56. The zero-order valence-corrected chi connectivity index (χ0v) is 12.3. The van der Waals surface area contributed by atoms with E-state index in [4.69, 9.17) is 5.11 Å². The molecule has 0 atom stereocenters. The summed E-state index contributed by atoms with van der Waals surface area (Å²) in [6, 6.07) is 5.58. The van der Waals surface area contributed by atoms with Crippen molar-refractivity contribution in [3.8, 4) is 0 Å². The molecule has 6 heteroatoms. The molecule has 0 saturated carbocycles. The molecule has 0 bridgehead atoms. The van der Waals surface area contributed by atoms with Crippen LogP contribution in [0.1, 0.15) is 24.0 Å². The van der Waals surface area contributed by atoms with Crippen molar-refractivity contribution in [1.82, 2.24) is 10.6 Å². The molecule has 1 aromatic carbocycles. The second-order valence-corrected chi connectivity index (χ2v) is 5.09. The van der Waals surface area contributed by atoms with E-state index in [1.54, 1.807) is 0 Å². The minimum atomic E-state index is -0.854. The molecule has 2 amide bonds. The van der Waals surface area contributed by atoms with Crippen LogP contribution in [0.2, 0.25) is 0 Å². The standard InChI is InChI=1S/C13H17BrN2O3/c1-9-7-11(14)5-4-10(9)8-16-13(19)15-6-2-3-12(17)18/h4-5,7H,2-3,6,8H2,1H3,(H,17,18)(H2,15,16,19). The van der Waals surface area contributed by atoms with E-state index in [1.165, 1.54) is 0 Å². The van der Waals surface area contributed by atoms with Crippen LogP contribution in [-0.2, 0) is 11.3 Å².